The Bertz CT molecular complexity index is 120. The van der Waals surface area contributed by atoms with E-state index in [0.717, 1.165) is 25.7 Å². The van der Waals surface area contributed by atoms with Gasteiger partial charge in [0, 0.05) is 6.42 Å². The fourth-order valence-corrected chi connectivity index (χ4v) is 1.19. The zero-order valence-electron chi connectivity index (χ0n) is 9.47. The second-order valence-electron chi connectivity index (χ2n) is 3.01. The van der Waals surface area contributed by atoms with E-state index in [1.54, 1.807) is 0 Å². The van der Waals surface area contributed by atoms with Crippen LogP contribution in [0, 0.1) is 5.92 Å². The van der Waals surface area contributed by atoms with Crippen molar-refractivity contribution in [3.05, 3.63) is 0 Å². The van der Waals surface area contributed by atoms with Gasteiger partial charge < -0.3 is 6.53 Å². The third kappa shape index (κ3) is 8.57. The zero-order chi connectivity index (χ0) is 8.69. The van der Waals surface area contributed by atoms with Crippen molar-refractivity contribution in [2.75, 3.05) is 0 Å². The van der Waals surface area contributed by atoms with E-state index in [9.17, 15) is 4.79 Å². The van der Waals surface area contributed by atoms with Crippen LogP contribution >= 0.6 is 0 Å². The van der Waals surface area contributed by atoms with Crippen LogP contribution in [0.4, 0.5) is 0 Å². The average Bonchev–Trinajstić information content (AvgIpc) is 1.97. The summed E-state index contributed by atoms with van der Waals surface area (Å²) in [6.45, 7) is 4.19. The molecule has 0 bridgehead atoms. The molecule has 0 spiro atoms. The first kappa shape index (κ1) is 15.0. The van der Waals surface area contributed by atoms with Crippen LogP contribution in [0.5, 0.6) is 0 Å². The van der Waals surface area contributed by atoms with Crippen LogP contribution in [0.1, 0.15) is 47.4 Å². The van der Waals surface area contributed by atoms with Crippen molar-refractivity contribution in [3.63, 3.8) is 0 Å². The number of unbranched alkanes of at least 4 members (excludes halogenated alkanes) is 1. The van der Waals surface area contributed by atoms with Crippen molar-refractivity contribution in [2.24, 2.45) is 5.92 Å². The Morgan fingerprint density at radius 3 is 2.42 bits per heavy atom. The fraction of sp³-hybridized carbons (Fsp3) is 0.889. The number of hydrogen-bond donors (Lipinski definition) is 1. The van der Waals surface area contributed by atoms with Crippen LogP contribution in [-0.4, -0.2) is 11.1 Å². The van der Waals surface area contributed by atoms with Gasteiger partial charge in [-0.3, -0.25) is 4.79 Å². The van der Waals surface area contributed by atoms with Gasteiger partial charge in [-0.25, -0.2) is 0 Å². The third-order valence-corrected chi connectivity index (χ3v) is 2.01. The van der Waals surface area contributed by atoms with Gasteiger partial charge >= 0.3 is 35.5 Å². The summed E-state index contributed by atoms with van der Waals surface area (Å²) in [6, 6.07) is 0. The molecule has 0 heterocycles. The van der Waals surface area contributed by atoms with E-state index < -0.39 is 5.97 Å². The quantitative estimate of drug-likeness (QED) is 0.577. The molecule has 12 heavy (non-hydrogen) atoms. The van der Waals surface area contributed by atoms with Gasteiger partial charge in [-0.05, 0) is 12.3 Å². The van der Waals surface area contributed by atoms with Crippen molar-refractivity contribution >= 4 is 5.97 Å². The molecule has 0 rings (SSSR count). The Hall–Kier alpha value is 0.470. The smallest absolute Gasteiger partial charge is 1.00 e. The Kier molecular flexibility index (Phi) is 11.9. The second kappa shape index (κ2) is 9.56. The Morgan fingerprint density at radius 1 is 1.50 bits per heavy atom. The molecule has 1 unspecified atom stereocenters. The van der Waals surface area contributed by atoms with Crippen molar-refractivity contribution in [1.29, 1.82) is 0 Å². The topological polar surface area (TPSA) is 37.3 Å². The Balaban J connectivity index is -0.000000500. The molecule has 0 aromatic carbocycles. The SMILES string of the molecule is CCCCC(CC)CC(=O)O.[H-].[Na+]. The fourth-order valence-electron chi connectivity index (χ4n) is 1.19. The summed E-state index contributed by atoms with van der Waals surface area (Å²) < 4.78 is 0. The van der Waals surface area contributed by atoms with Crippen LogP contribution in [0.15, 0.2) is 0 Å². The molecule has 0 aliphatic rings. The van der Waals surface area contributed by atoms with Gasteiger partial charge in [0.25, 0.3) is 0 Å². The van der Waals surface area contributed by atoms with Gasteiger partial charge in [0.2, 0.25) is 0 Å². The average molecular weight is 182 g/mol. The summed E-state index contributed by atoms with van der Waals surface area (Å²) >= 11 is 0. The summed E-state index contributed by atoms with van der Waals surface area (Å²) in [5.41, 5.74) is 0. The maximum absolute atomic E-state index is 10.3. The van der Waals surface area contributed by atoms with Gasteiger partial charge in [0.1, 0.15) is 0 Å². The first-order valence-corrected chi connectivity index (χ1v) is 4.42. The number of carboxylic acid groups (broad SMARTS) is 1. The van der Waals surface area contributed by atoms with E-state index in [1.165, 1.54) is 0 Å². The normalized spacial score (nSPS) is 11.8. The van der Waals surface area contributed by atoms with Crippen molar-refractivity contribution in [1.82, 2.24) is 0 Å². The monoisotopic (exact) mass is 182 g/mol. The van der Waals surface area contributed by atoms with Gasteiger partial charge in [0.05, 0.1) is 0 Å². The van der Waals surface area contributed by atoms with Gasteiger partial charge in [-0.15, -0.1) is 0 Å². The minimum atomic E-state index is -0.659. The molecule has 0 aliphatic heterocycles. The van der Waals surface area contributed by atoms with E-state index in [1.807, 2.05) is 0 Å². The molecule has 0 radical (unpaired) electrons. The number of carbonyl (C=O) groups is 1. The van der Waals surface area contributed by atoms with Gasteiger partial charge in [-0.2, -0.15) is 0 Å². The van der Waals surface area contributed by atoms with Gasteiger partial charge in [-0.1, -0.05) is 33.1 Å². The van der Waals surface area contributed by atoms with E-state index >= 15 is 0 Å². The Labute approximate surface area is 98.5 Å². The minimum Gasteiger partial charge on any atom is -1.00 e. The standard InChI is InChI=1S/C9H18O2.Na.H/c1-3-5-6-8(4-2)7-9(10)11;;/h8H,3-7H2,1-2H3,(H,10,11);;/q;+1;-1. The molecule has 0 aromatic heterocycles. The Morgan fingerprint density at radius 2 is 2.08 bits per heavy atom. The first-order valence-electron chi connectivity index (χ1n) is 4.42. The summed E-state index contributed by atoms with van der Waals surface area (Å²) in [5.74, 6) is -0.264. The summed E-state index contributed by atoms with van der Waals surface area (Å²) in [6.07, 6.45) is 4.73. The van der Waals surface area contributed by atoms with Crippen LogP contribution in [0.25, 0.3) is 0 Å². The number of aliphatic carboxylic acids is 1. The van der Waals surface area contributed by atoms with Crippen molar-refractivity contribution in [3.8, 4) is 0 Å². The van der Waals surface area contributed by atoms with Crippen LogP contribution in [0.2, 0.25) is 0 Å². The van der Waals surface area contributed by atoms with E-state index in [-0.39, 0.29) is 31.0 Å². The number of rotatable bonds is 6. The van der Waals surface area contributed by atoms with Crippen LogP contribution in [0.3, 0.4) is 0 Å². The van der Waals surface area contributed by atoms with Gasteiger partial charge in [0.15, 0.2) is 0 Å². The molecule has 0 fully saturated rings. The first-order chi connectivity index (χ1) is 5.20. The van der Waals surface area contributed by atoms with Crippen LogP contribution in [-0.2, 0) is 4.79 Å². The molecule has 0 aliphatic carbocycles. The second-order valence-corrected chi connectivity index (χ2v) is 3.01. The summed E-state index contributed by atoms with van der Waals surface area (Å²) in [4.78, 5) is 10.3. The van der Waals surface area contributed by atoms with Crippen LogP contribution < -0.4 is 29.6 Å². The van der Waals surface area contributed by atoms with Crippen molar-refractivity contribution < 1.29 is 40.9 Å². The minimum absolute atomic E-state index is 0. The third-order valence-electron chi connectivity index (χ3n) is 2.01. The zero-order valence-corrected chi connectivity index (χ0v) is 10.5. The molecule has 3 heteroatoms. The predicted octanol–water partition coefficient (Wildman–Crippen LogP) is -0.206. The molecule has 0 saturated carbocycles. The molecular weight excluding hydrogens is 163 g/mol. The molecule has 68 valence electrons. The maximum atomic E-state index is 10.3. The molecule has 0 aromatic rings. The van der Waals surface area contributed by atoms with E-state index in [0.29, 0.717) is 12.3 Å². The molecule has 1 N–H and O–H groups in total. The maximum Gasteiger partial charge on any atom is 1.00 e. The van der Waals surface area contributed by atoms with E-state index in [4.69, 9.17) is 5.11 Å². The summed E-state index contributed by atoms with van der Waals surface area (Å²) in [5, 5.41) is 8.51. The predicted molar refractivity (Wildman–Crippen MR) is 46.7 cm³/mol. The largest absolute Gasteiger partial charge is 1.00 e. The molecule has 2 nitrogen and oxygen atoms in total. The van der Waals surface area contributed by atoms with E-state index in [2.05, 4.69) is 13.8 Å². The summed E-state index contributed by atoms with van der Waals surface area (Å²) in [7, 11) is 0. The molecular formula is C9H19NaO2. The van der Waals surface area contributed by atoms with Crippen molar-refractivity contribution in [2.45, 2.75) is 46.0 Å². The molecule has 1 atom stereocenters. The molecule has 0 saturated heterocycles. The number of carboxylic acids is 1. The number of hydrogen-bond acceptors (Lipinski definition) is 1. The molecule has 0 amide bonds.